The maximum atomic E-state index is 3.65. The van der Waals surface area contributed by atoms with Gasteiger partial charge in [0.05, 0.1) is 0 Å². The predicted octanol–water partition coefficient (Wildman–Crippen LogP) is 3.00. The highest BCUT2D eigenvalue weighted by molar-refractivity contribution is 5.31. The van der Waals surface area contributed by atoms with Crippen molar-refractivity contribution in [3.63, 3.8) is 0 Å². The topological polar surface area (TPSA) is 15.3 Å². The van der Waals surface area contributed by atoms with Gasteiger partial charge in [0.1, 0.15) is 0 Å². The van der Waals surface area contributed by atoms with Crippen LogP contribution in [0.2, 0.25) is 0 Å². The van der Waals surface area contributed by atoms with E-state index in [2.05, 4.69) is 41.5 Å². The van der Waals surface area contributed by atoms with Crippen LogP contribution in [-0.2, 0) is 6.42 Å². The second-order valence-corrected chi connectivity index (χ2v) is 6.30. The molecule has 19 heavy (non-hydrogen) atoms. The Bertz CT molecular complexity index is 401. The van der Waals surface area contributed by atoms with Gasteiger partial charge >= 0.3 is 0 Å². The molecule has 0 bridgehead atoms. The van der Waals surface area contributed by atoms with E-state index in [0.29, 0.717) is 6.04 Å². The molecule has 1 aromatic rings. The zero-order chi connectivity index (χ0) is 13.1. The monoisotopic (exact) mass is 258 g/mol. The summed E-state index contributed by atoms with van der Waals surface area (Å²) in [5, 5.41) is 3.65. The van der Waals surface area contributed by atoms with Gasteiger partial charge in [-0.2, -0.15) is 0 Å². The number of nitrogens with one attached hydrogen (secondary N) is 1. The van der Waals surface area contributed by atoms with E-state index < -0.39 is 0 Å². The minimum Gasteiger partial charge on any atom is -0.310 e. The van der Waals surface area contributed by atoms with E-state index in [1.54, 1.807) is 11.1 Å². The van der Waals surface area contributed by atoms with Crippen molar-refractivity contribution < 1.29 is 0 Å². The van der Waals surface area contributed by atoms with Crippen LogP contribution in [0.25, 0.3) is 0 Å². The first-order valence-electron chi connectivity index (χ1n) is 7.82. The van der Waals surface area contributed by atoms with Gasteiger partial charge in [0, 0.05) is 6.04 Å². The fourth-order valence-corrected chi connectivity index (χ4v) is 3.59. The van der Waals surface area contributed by atoms with Crippen LogP contribution in [-0.4, -0.2) is 31.6 Å². The molecule has 104 valence electrons. The van der Waals surface area contributed by atoms with Gasteiger partial charge in [-0.25, -0.2) is 0 Å². The van der Waals surface area contributed by atoms with E-state index in [0.717, 1.165) is 5.92 Å². The molecule has 0 saturated carbocycles. The van der Waals surface area contributed by atoms with E-state index in [1.807, 2.05) is 0 Å². The Morgan fingerprint density at radius 2 is 1.95 bits per heavy atom. The van der Waals surface area contributed by atoms with Gasteiger partial charge in [0.15, 0.2) is 0 Å². The largest absolute Gasteiger partial charge is 0.310 e. The molecule has 0 spiro atoms. The lowest BCUT2D eigenvalue weighted by molar-refractivity contribution is 0.218. The normalized spacial score (nSPS) is 25.8. The van der Waals surface area contributed by atoms with Crippen molar-refractivity contribution >= 4 is 0 Å². The molecule has 1 atom stereocenters. The van der Waals surface area contributed by atoms with Crippen molar-refractivity contribution in [2.45, 2.75) is 38.1 Å². The molecule has 2 aliphatic heterocycles. The third kappa shape index (κ3) is 3.18. The first-order valence-corrected chi connectivity index (χ1v) is 7.82. The Kier molecular flexibility index (Phi) is 4.19. The molecule has 0 aliphatic carbocycles. The SMILES string of the molecule is CN1CCC(Cc2ccccc2[C@H]2CCCN2)CC1. The van der Waals surface area contributed by atoms with Crippen LogP contribution in [0, 0.1) is 5.92 Å². The summed E-state index contributed by atoms with van der Waals surface area (Å²) in [6, 6.07) is 9.72. The molecule has 0 amide bonds. The minimum absolute atomic E-state index is 0.613. The van der Waals surface area contributed by atoms with Gasteiger partial charge in [-0.3, -0.25) is 0 Å². The Labute approximate surface area is 117 Å². The third-order valence-corrected chi connectivity index (χ3v) is 4.84. The van der Waals surface area contributed by atoms with Crippen LogP contribution in [0.15, 0.2) is 24.3 Å². The lowest BCUT2D eigenvalue weighted by Gasteiger charge is -2.29. The lowest BCUT2D eigenvalue weighted by Crippen LogP contribution is -2.31. The van der Waals surface area contributed by atoms with Crippen LogP contribution in [0.5, 0.6) is 0 Å². The fourth-order valence-electron chi connectivity index (χ4n) is 3.59. The molecule has 0 unspecified atom stereocenters. The Morgan fingerprint density at radius 3 is 2.68 bits per heavy atom. The number of hydrogen-bond donors (Lipinski definition) is 1. The van der Waals surface area contributed by atoms with Crippen molar-refractivity contribution in [2.24, 2.45) is 5.92 Å². The third-order valence-electron chi connectivity index (χ3n) is 4.84. The average Bonchev–Trinajstić information content (AvgIpc) is 2.96. The Balaban J connectivity index is 1.69. The zero-order valence-corrected chi connectivity index (χ0v) is 12.1. The molecule has 1 N–H and O–H groups in total. The zero-order valence-electron chi connectivity index (χ0n) is 12.1. The quantitative estimate of drug-likeness (QED) is 0.896. The number of piperidine rings is 1. The molecule has 1 aromatic carbocycles. The standard InChI is InChI=1S/C17H26N2/c1-19-11-8-14(9-12-19)13-15-5-2-3-6-16(15)17-7-4-10-18-17/h2-3,5-6,14,17-18H,4,7-13H2,1H3/t17-/m1/s1. The Hall–Kier alpha value is -0.860. The highest BCUT2D eigenvalue weighted by Crippen LogP contribution is 2.29. The van der Waals surface area contributed by atoms with Crippen molar-refractivity contribution in [1.29, 1.82) is 0 Å². The number of rotatable bonds is 3. The molecule has 2 heteroatoms. The number of nitrogens with zero attached hydrogens (tertiary/aromatic N) is 1. The van der Waals surface area contributed by atoms with Gasteiger partial charge in [-0.05, 0) is 75.8 Å². The summed E-state index contributed by atoms with van der Waals surface area (Å²) >= 11 is 0. The molecular formula is C17H26N2. The summed E-state index contributed by atoms with van der Waals surface area (Å²) in [6.45, 7) is 3.73. The van der Waals surface area contributed by atoms with Crippen LogP contribution < -0.4 is 5.32 Å². The van der Waals surface area contributed by atoms with Gasteiger partial charge in [-0.15, -0.1) is 0 Å². The lowest BCUT2D eigenvalue weighted by atomic mass is 9.87. The van der Waals surface area contributed by atoms with Gasteiger partial charge in [-0.1, -0.05) is 24.3 Å². The summed E-state index contributed by atoms with van der Waals surface area (Å²) < 4.78 is 0. The first-order chi connectivity index (χ1) is 9.33. The molecule has 2 saturated heterocycles. The van der Waals surface area contributed by atoms with E-state index in [-0.39, 0.29) is 0 Å². The molecule has 2 heterocycles. The summed E-state index contributed by atoms with van der Waals surface area (Å²) in [5.41, 5.74) is 3.16. The van der Waals surface area contributed by atoms with Gasteiger partial charge in [0.2, 0.25) is 0 Å². The number of benzene rings is 1. The second kappa shape index (κ2) is 6.06. The van der Waals surface area contributed by atoms with Gasteiger partial charge < -0.3 is 10.2 Å². The van der Waals surface area contributed by atoms with Crippen molar-refractivity contribution in [1.82, 2.24) is 10.2 Å². The summed E-state index contributed by atoms with van der Waals surface area (Å²) in [4.78, 5) is 2.46. The van der Waals surface area contributed by atoms with Crippen LogP contribution in [0.3, 0.4) is 0 Å². The van der Waals surface area contributed by atoms with E-state index in [9.17, 15) is 0 Å². The summed E-state index contributed by atoms with van der Waals surface area (Å²) in [6.07, 6.45) is 6.64. The minimum atomic E-state index is 0.613. The highest BCUT2D eigenvalue weighted by atomic mass is 15.1. The smallest absolute Gasteiger partial charge is 0.0323 e. The van der Waals surface area contributed by atoms with Crippen molar-refractivity contribution in [3.8, 4) is 0 Å². The molecule has 2 nitrogen and oxygen atoms in total. The number of hydrogen-bond acceptors (Lipinski definition) is 2. The van der Waals surface area contributed by atoms with Crippen molar-refractivity contribution in [2.75, 3.05) is 26.7 Å². The molecular weight excluding hydrogens is 232 g/mol. The predicted molar refractivity (Wildman–Crippen MR) is 80.3 cm³/mol. The van der Waals surface area contributed by atoms with Crippen molar-refractivity contribution in [3.05, 3.63) is 35.4 Å². The summed E-state index contributed by atoms with van der Waals surface area (Å²) in [7, 11) is 2.24. The van der Waals surface area contributed by atoms with E-state index >= 15 is 0 Å². The highest BCUT2D eigenvalue weighted by Gasteiger charge is 2.22. The maximum absolute atomic E-state index is 3.65. The molecule has 3 rings (SSSR count). The molecule has 0 radical (unpaired) electrons. The molecule has 2 aliphatic rings. The Morgan fingerprint density at radius 1 is 1.16 bits per heavy atom. The van der Waals surface area contributed by atoms with E-state index in [1.165, 1.54) is 51.7 Å². The summed E-state index contributed by atoms with van der Waals surface area (Å²) in [5.74, 6) is 0.888. The van der Waals surface area contributed by atoms with Crippen LogP contribution in [0.4, 0.5) is 0 Å². The van der Waals surface area contributed by atoms with Crippen LogP contribution >= 0.6 is 0 Å². The number of likely N-dealkylation sites (tertiary alicyclic amines) is 1. The first kappa shape index (κ1) is 13.1. The fraction of sp³-hybridized carbons (Fsp3) is 0.647. The maximum Gasteiger partial charge on any atom is 0.0323 e. The van der Waals surface area contributed by atoms with Gasteiger partial charge in [0.25, 0.3) is 0 Å². The molecule has 0 aromatic heterocycles. The molecule has 2 fully saturated rings. The van der Waals surface area contributed by atoms with E-state index in [4.69, 9.17) is 0 Å². The second-order valence-electron chi connectivity index (χ2n) is 6.30. The van der Waals surface area contributed by atoms with Crippen LogP contribution in [0.1, 0.15) is 42.9 Å². The average molecular weight is 258 g/mol.